The Balaban J connectivity index is 1.54. The van der Waals surface area contributed by atoms with Crippen molar-refractivity contribution in [3.8, 4) is 0 Å². The minimum atomic E-state index is -4.80. The highest BCUT2D eigenvalue weighted by Crippen LogP contribution is 2.47. The fourth-order valence-corrected chi connectivity index (χ4v) is 9.40. The van der Waals surface area contributed by atoms with Crippen LogP contribution in [0.2, 0.25) is 0 Å². The quantitative estimate of drug-likeness (QED) is 0.269. The molecular formula is C34H39F3N6O3S. The zero-order chi connectivity index (χ0) is 33.9. The molecule has 4 aromatic rings. The van der Waals surface area contributed by atoms with E-state index >= 15 is 8.42 Å². The Morgan fingerprint density at radius 3 is 2.62 bits per heavy atom. The van der Waals surface area contributed by atoms with E-state index in [1.807, 2.05) is 61.9 Å². The highest BCUT2D eigenvalue weighted by Gasteiger charge is 2.52. The predicted octanol–water partition coefficient (Wildman–Crippen LogP) is 5.74. The second kappa shape index (κ2) is 11.6. The number of pyridine rings is 1. The normalized spacial score (nSPS) is 22.9. The van der Waals surface area contributed by atoms with Crippen LogP contribution in [0.3, 0.4) is 0 Å². The van der Waals surface area contributed by atoms with Gasteiger partial charge in [0.25, 0.3) is 5.56 Å². The SMILES string of the molecule is CC1CCCN(CC2C=CC=C(c3cccc(C(C)(C)c4nncn4C)c3)[C@@]2(C)S(=O)(=O)n2ccc3c(C(F)(F)F)c[nH]c(=O)c32)C1. The first-order chi connectivity index (χ1) is 22.1. The Morgan fingerprint density at radius 1 is 1.17 bits per heavy atom. The van der Waals surface area contributed by atoms with Gasteiger partial charge in [0.05, 0.1) is 5.56 Å². The summed E-state index contributed by atoms with van der Waals surface area (Å²) in [7, 11) is -2.72. The number of rotatable bonds is 7. The van der Waals surface area contributed by atoms with Gasteiger partial charge in [-0.1, -0.05) is 49.4 Å². The molecule has 1 aromatic carbocycles. The number of likely N-dealkylation sites (tertiary alicyclic amines) is 1. The average molecular weight is 669 g/mol. The van der Waals surface area contributed by atoms with E-state index in [1.165, 1.54) is 0 Å². The number of halogens is 3. The Morgan fingerprint density at radius 2 is 1.94 bits per heavy atom. The second-order valence-corrected chi connectivity index (χ2v) is 15.8. The van der Waals surface area contributed by atoms with Gasteiger partial charge in [0.15, 0.2) is 0 Å². The van der Waals surface area contributed by atoms with Crippen LogP contribution in [0.25, 0.3) is 16.5 Å². The van der Waals surface area contributed by atoms with Crippen molar-refractivity contribution in [3.05, 3.63) is 100 Å². The number of hydrogen-bond donors (Lipinski definition) is 1. The third kappa shape index (κ3) is 5.46. The average Bonchev–Trinajstić information content (AvgIpc) is 3.66. The maximum absolute atomic E-state index is 15.1. The first-order valence-electron chi connectivity index (χ1n) is 15.7. The summed E-state index contributed by atoms with van der Waals surface area (Å²) in [5.74, 6) is 0.579. The Labute approximate surface area is 271 Å². The molecule has 47 heavy (non-hydrogen) atoms. The summed E-state index contributed by atoms with van der Waals surface area (Å²) in [5, 5.41) is 7.89. The molecular weight excluding hydrogens is 629 g/mol. The molecule has 9 nitrogen and oxygen atoms in total. The molecule has 3 atom stereocenters. The van der Waals surface area contributed by atoms with Crippen LogP contribution in [0.5, 0.6) is 0 Å². The number of H-pyrrole nitrogens is 1. The Hall–Kier alpha value is -3.97. The summed E-state index contributed by atoms with van der Waals surface area (Å²) in [6, 6.07) is 8.66. The molecule has 0 spiro atoms. The van der Waals surface area contributed by atoms with E-state index in [1.54, 1.807) is 19.3 Å². The monoisotopic (exact) mass is 668 g/mol. The van der Waals surface area contributed by atoms with Crippen molar-refractivity contribution >= 4 is 26.5 Å². The topological polar surface area (TPSA) is 106 Å². The molecule has 1 aliphatic heterocycles. The fourth-order valence-electron chi connectivity index (χ4n) is 7.34. The van der Waals surface area contributed by atoms with Gasteiger partial charge in [0, 0.05) is 49.2 Å². The third-order valence-electron chi connectivity index (χ3n) is 10.0. The first-order valence-corrected chi connectivity index (χ1v) is 17.1. The first kappa shape index (κ1) is 33.0. The van der Waals surface area contributed by atoms with Crippen LogP contribution >= 0.6 is 0 Å². The highest BCUT2D eigenvalue weighted by atomic mass is 32.2. The number of fused-ring (bicyclic) bond motifs is 1. The van der Waals surface area contributed by atoms with Gasteiger partial charge in [-0.15, -0.1) is 10.2 Å². The van der Waals surface area contributed by atoms with Crippen molar-refractivity contribution in [2.75, 3.05) is 19.6 Å². The molecule has 1 saturated heterocycles. The summed E-state index contributed by atoms with van der Waals surface area (Å²) >= 11 is 0. The summed E-state index contributed by atoms with van der Waals surface area (Å²) in [6.07, 6.45) is 6.04. The van der Waals surface area contributed by atoms with Crippen molar-refractivity contribution in [1.29, 1.82) is 0 Å². The number of allylic oxidation sites excluding steroid dienone is 2. The number of nitrogens with zero attached hydrogens (tertiary/aromatic N) is 5. The Bertz CT molecular complexity index is 2060. The summed E-state index contributed by atoms with van der Waals surface area (Å²) in [4.78, 5) is 17.5. The minimum Gasteiger partial charge on any atom is -0.327 e. The number of hydrogen-bond acceptors (Lipinski definition) is 6. The maximum atomic E-state index is 15.1. The number of benzene rings is 1. The highest BCUT2D eigenvalue weighted by molar-refractivity contribution is 7.92. The lowest BCUT2D eigenvalue weighted by molar-refractivity contribution is -0.136. The van der Waals surface area contributed by atoms with Gasteiger partial charge in [-0.2, -0.15) is 13.2 Å². The van der Waals surface area contributed by atoms with Crippen molar-refractivity contribution in [2.24, 2.45) is 18.9 Å². The van der Waals surface area contributed by atoms with E-state index < -0.39 is 54.3 Å². The molecule has 1 aliphatic carbocycles. The second-order valence-electron chi connectivity index (χ2n) is 13.6. The molecule has 0 saturated carbocycles. The standard InChI is InChI=1S/C34H39F3N6O3S/c1-22-9-8-15-42(19-22)20-25-12-7-13-27(23-10-6-11-24(17-23)32(2,3)31-40-39-21-41(31)5)33(25,4)47(45,46)43-16-14-26-28(34(35,36)37)18-38-30(44)29(26)43/h6-7,10-14,16-18,21-22,25H,8-9,15,19-20H2,1-5H3,(H,38,44)/t22?,25?,33-/m0/s1. The van der Waals surface area contributed by atoms with E-state index in [0.717, 1.165) is 53.6 Å². The van der Waals surface area contributed by atoms with Crippen LogP contribution in [0.1, 0.15) is 63.1 Å². The van der Waals surface area contributed by atoms with Gasteiger partial charge in [-0.25, -0.2) is 12.4 Å². The molecule has 6 rings (SSSR count). The number of aromatic nitrogens is 5. The molecule has 0 bridgehead atoms. The zero-order valence-electron chi connectivity index (χ0n) is 27.0. The molecule has 250 valence electrons. The van der Waals surface area contributed by atoms with Gasteiger partial charge in [0.2, 0.25) is 10.0 Å². The van der Waals surface area contributed by atoms with Crippen molar-refractivity contribution in [2.45, 2.75) is 56.9 Å². The summed E-state index contributed by atoms with van der Waals surface area (Å²) < 4.78 is 73.1. The van der Waals surface area contributed by atoms with Gasteiger partial charge in [-0.3, -0.25) is 4.79 Å². The molecule has 2 aliphatic rings. The summed E-state index contributed by atoms with van der Waals surface area (Å²) in [5.41, 5.74) is -1.18. The lowest BCUT2D eigenvalue weighted by Crippen LogP contribution is -2.52. The zero-order valence-corrected chi connectivity index (χ0v) is 27.9. The van der Waals surface area contributed by atoms with Gasteiger partial charge >= 0.3 is 6.18 Å². The van der Waals surface area contributed by atoms with Crippen LogP contribution in [0, 0.1) is 11.8 Å². The van der Waals surface area contributed by atoms with Gasteiger partial charge in [0.1, 0.15) is 22.4 Å². The van der Waals surface area contributed by atoms with E-state index in [0.29, 0.717) is 29.8 Å². The molecule has 4 heterocycles. The van der Waals surface area contributed by atoms with Gasteiger partial charge in [-0.05, 0) is 68.8 Å². The van der Waals surface area contributed by atoms with E-state index in [-0.39, 0.29) is 0 Å². The fraction of sp³-hybridized carbons (Fsp3) is 0.441. The van der Waals surface area contributed by atoms with Crippen molar-refractivity contribution < 1.29 is 21.6 Å². The van der Waals surface area contributed by atoms with Gasteiger partial charge < -0.3 is 14.5 Å². The molecule has 0 amide bonds. The van der Waals surface area contributed by atoms with E-state index in [2.05, 4.69) is 27.0 Å². The number of aryl methyl sites for hydroxylation is 1. The van der Waals surface area contributed by atoms with E-state index in [4.69, 9.17) is 0 Å². The number of piperidine rings is 1. The largest absolute Gasteiger partial charge is 0.418 e. The van der Waals surface area contributed by atoms with Crippen LogP contribution < -0.4 is 5.56 Å². The minimum absolute atomic E-state index is 0.418. The number of aromatic amines is 1. The van der Waals surface area contributed by atoms with Crippen LogP contribution in [-0.2, 0) is 28.7 Å². The predicted molar refractivity (Wildman–Crippen MR) is 175 cm³/mol. The Kier molecular flexibility index (Phi) is 8.15. The maximum Gasteiger partial charge on any atom is 0.418 e. The van der Waals surface area contributed by atoms with Crippen molar-refractivity contribution in [1.82, 2.24) is 28.6 Å². The van der Waals surface area contributed by atoms with Crippen LogP contribution in [0.4, 0.5) is 13.2 Å². The molecule has 0 radical (unpaired) electrons. The molecule has 3 aromatic heterocycles. The lowest BCUT2D eigenvalue weighted by Gasteiger charge is -2.43. The smallest absolute Gasteiger partial charge is 0.327 e. The number of nitrogens with one attached hydrogen (secondary N) is 1. The number of alkyl halides is 3. The lowest BCUT2D eigenvalue weighted by atomic mass is 9.76. The van der Waals surface area contributed by atoms with E-state index in [9.17, 15) is 18.0 Å². The molecule has 2 unspecified atom stereocenters. The van der Waals surface area contributed by atoms with Crippen LogP contribution in [-0.4, -0.2) is 61.4 Å². The third-order valence-corrected chi connectivity index (χ3v) is 12.4. The molecule has 1 N–H and O–H groups in total. The summed E-state index contributed by atoms with van der Waals surface area (Å²) in [6.45, 7) is 9.86. The molecule has 13 heteroatoms. The van der Waals surface area contributed by atoms with Crippen LogP contribution in [0.15, 0.2) is 72.1 Å². The molecule has 1 fully saturated rings. The van der Waals surface area contributed by atoms with Crippen molar-refractivity contribution in [3.63, 3.8) is 0 Å².